The molecular formula is C11H20N2O3. The molecule has 2 saturated heterocycles. The highest BCUT2D eigenvalue weighted by Crippen LogP contribution is 2.17. The Morgan fingerprint density at radius 3 is 2.81 bits per heavy atom. The SMILES string of the molecule is CO[C@@H]1CN(C(=O)[C@@H]2CCCCN2)C[C@H]1O. The van der Waals surface area contributed by atoms with Crippen LogP contribution >= 0.6 is 0 Å². The summed E-state index contributed by atoms with van der Waals surface area (Å²) in [5, 5.41) is 12.9. The number of likely N-dealkylation sites (tertiary alicyclic amines) is 1. The summed E-state index contributed by atoms with van der Waals surface area (Å²) in [7, 11) is 1.57. The van der Waals surface area contributed by atoms with Gasteiger partial charge < -0.3 is 20.1 Å². The number of nitrogens with zero attached hydrogens (tertiary/aromatic N) is 1. The van der Waals surface area contributed by atoms with E-state index in [1.807, 2.05) is 0 Å². The zero-order valence-electron chi connectivity index (χ0n) is 9.69. The van der Waals surface area contributed by atoms with Crippen LogP contribution in [0, 0.1) is 0 Å². The van der Waals surface area contributed by atoms with Crippen molar-refractivity contribution in [3.8, 4) is 0 Å². The van der Waals surface area contributed by atoms with Crippen molar-refractivity contribution < 1.29 is 14.6 Å². The molecule has 0 aromatic heterocycles. The third-order valence-electron chi connectivity index (χ3n) is 3.46. The largest absolute Gasteiger partial charge is 0.388 e. The number of carbonyl (C=O) groups excluding carboxylic acids is 1. The normalized spacial score (nSPS) is 35.4. The maximum atomic E-state index is 12.1. The molecule has 0 spiro atoms. The lowest BCUT2D eigenvalue weighted by atomic mass is 10.0. The van der Waals surface area contributed by atoms with E-state index in [4.69, 9.17) is 4.74 Å². The van der Waals surface area contributed by atoms with Gasteiger partial charge in [0.15, 0.2) is 0 Å². The second-order valence-corrected chi connectivity index (χ2v) is 4.59. The number of aliphatic hydroxyl groups is 1. The fourth-order valence-electron chi connectivity index (χ4n) is 2.45. The summed E-state index contributed by atoms with van der Waals surface area (Å²) in [6.45, 7) is 1.82. The quantitative estimate of drug-likeness (QED) is 0.659. The molecule has 5 nitrogen and oxygen atoms in total. The number of hydrogen-bond donors (Lipinski definition) is 2. The smallest absolute Gasteiger partial charge is 0.239 e. The Hall–Kier alpha value is -0.650. The van der Waals surface area contributed by atoms with Crippen LogP contribution < -0.4 is 5.32 Å². The van der Waals surface area contributed by atoms with Crippen LogP contribution in [0.3, 0.4) is 0 Å². The van der Waals surface area contributed by atoms with E-state index in [-0.39, 0.29) is 18.1 Å². The Morgan fingerprint density at radius 1 is 1.44 bits per heavy atom. The zero-order valence-corrected chi connectivity index (χ0v) is 9.69. The van der Waals surface area contributed by atoms with Gasteiger partial charge in [0, 0.05) is 20.2 Å². The van der Waals surface area contributed by atoms with Crippen molar-refractivity contribution in [3.05, 3.63) is 0 Å². The van der Waals surface area contributed by atoms with Crippen LogP contribution in [0.4, 0.5) is 0 Å². The summed E-state index contributed by atoms with van der Waals surface area (Å²) >= 11 is 0. The number of piperidine rings is 1. The summed E-state index contributed by atoms with van der Waals surface area (Å²) in [6, 6.07) is -0.0587. The van der Waals surface area contributed by atoms with Gasteiger partial charge in [-0.25, -0.2) is 0 Å². The number of aliphatic hydroxyl groups excluding tert-OH is 1. The minimum Gasteiger partial charge on any atom is -0.388 e. The highest BCUT2D eigenvalue weighted by atomic mass is 16.5. The van der Waals surface area contributed by atoms with Gasteiger partial charge in [-0.05, 0) is 19.4 Å². The standard InChI is InChI=1S/C11H20N2O3/c1-16-10-7-13(6-9(10)14)11(15)8-4-2-3-5-12-8/h8-10,12,14H,2-7H2,1H3/t8-,9+,10+/m0/s1. The van der Waals surface area contributed by atoms with Crippen LogP contribution in [0.5, 0.6) is 0 Å². The Bertz CT molecular complexity index is 254. The average molecular weight is 228 g/mol. The molecule has 2 aliphatic heterocycles. The summed E-state index contributed by atoms with van der Waals surface area (Å²) in [5.74, 6) is 0.110. The molecule has 0 aromatic rings. The maximum absolute atomic E-state index is 12.1. The number of ether oxygens (including phenoxy) is 1. The van der Waals surface area contributed by atoms with Gasteiger partial charge in [0.1, 0.15) is 6.10 Å². The number of β-amino-alcohol motifs (C(OH)–C–C–N with tert-alkyl or cyclic N) is 1. The number of hydrogen-bond acceptors (Lipinski definition) is 4. The number of nitrogens with one attached hydrogen (secondary N) is 1. The summed E-state index contributed by atoms with van der Waals surface area (Å²) in [4.78, 5) is 13.8. The molecule has 3 atom stereocenters. The molecule has 5 heteroatoms. The molecule has 0 radical (unpaired) electrons. The van der Waals surface area contributed by atoms with Crippen molar-refractivity contribution in [2.45, 2.75) is 37.5 Å². The van der Waals surface area contributed by atoms with E-state index >= 15 is 0 Å². The molecule has 16 heavy (non-hydrogen) atoms. The molecule has 2 rings (SSSR count). The molecule has 0 unspecified atom stereocenters. The minimum absolute atomic E-state index is 0.0587. The number of amides is 1. The van der Waals surface area contributed by atoms with Crippen molar-refractivity contribution in [2.24, 2.45) is 0 Å². The first-order valence-electron chi connectivity index (χ1n) is 5.95. The predicted octanol–water partition coefficient (Wildman–Crippen LogP) is -0.653. The molecule has 92 valence electrons. The molecule has 2 aliphatic rings. The van der Waals surface area contributed by atoms with Gasteiger partial charge in [0.2, 0.25) is 5.91 Å². The van der Waals surface area contributed by atoms with E-state index in [2.05, 4.69) is 5.32 Å². The first-order valence-corrected chi connectivity index (χ1v) is 5.95. The monoisotopic (exact) mass is 228 g/mol. The molecule has 0 saturated carbocycles. The van der Waals surface area contributed by atoms with Crippen molar-refractivity contribution in [3.63, 3.8) is 0 Å². The molecule has 2 N–H and O–H groups in total. The van der Waals surface area contributed by atoms with Crippen LogP contribution in [0.1, 0.15) is 19.3 Å². The Labute approximate surface area is 95.8 Å². The van der Waals surface area contributed by atoms with E-state index in [1.165, 1.54) is 0 Å². The maximum Gasteiger partial charge on any atom is 0.239 e. The Morgan fingerprint density at radius 2 is 2.25 bits per heavy atom. The van der Waals surface area contributed by atoms with Crippen molar-refractivity contribution in [1.29, 1.82) is 0 Å². The van der Waals surface area contributed by atoms with Gasteiger partial charge in [-0.15, -0.1) is 0 Å². The topological polar surface area (TPSA) is 61.8 Å². The number of rotatable bonds is 2. The van der Waals surface area contributed by atoms with Crippen LogP contribution in [0.2, 0.25) is 0 Å². The molecule has 0 bridgehead atoms. The van der Waals surface area contributed by atoms with Crippen LogP contribution in [0.25, 0.3) is 0 Å². The second-order valence-electron chi connectivity index (χ2n) is 4.59. The third-order valence-corrected chi connectivity index (χ3v) is 3.46. The van der Waals surface area contributed by atoms with Crippen LogP contribution in [0.15, 0.2) is 0 Å². The second kappa shape index (κ2) is 5.12. The Balaban J connectivity index is 1.90. The van der Waals surface area contributed by atoms with E-state index in [0.717, 1.165) is 25.8 Å². The van der Waals surface area contributed by atoms with Crippen molar-refractivity contribution >= 4 is 5.91 Å². The molecule has 2 fully saturated rings. The van der Waals surface area contributed by atoms with Crippen LogP contribution in [-0.4, -0.2) is 60.9 Å². The van der Waals surface area contributed by atoms with Crippen LogP contribution in [-0.2, 0) is 9.53 Å². The van der Waals surface area contributed by atoms with Gasteiger partial charge in [0.25, 0.3) is 0 Å². The lowest BCUT2D eigenvalue weighted by Gasteiger charge is -2.27. The third kappa shape index (κ3) is 2.36. The van der Waals surface area contributed by atoms with Crippen molar-refractivity contribution in [1.82, 2.24) is 10.2 Å². The van der Waals surface area contributed by atoms with Gasteiger partial charge in [-0.3, -0.25) is 4.79 Å². The minimum atomic E-state index is -0.544. The zero-order chi connectivity index (χ0) is 11.5. The number of carbonyl (C=O) groups is 1. The van der Waals surface area contributed by atoms with Gasteiger partial charge >= 0.3 is 0 Å². The van der Waals surface area contributed by atoms with Gasteiger partial charge in [-0.1, -0.05) is 6.42 Å². The van der Waals surface area contributed by atoms with E-state index in [1.54, 1.807) is 12.0 Å². The summed E-state index contributed by atoms with van der Waals surface area (Å²) in [6.07, 6.45) is 2.38. The van der Waals surface area contributed by atoms with Crippen molar-refractivity contribution in [2.75, 3.05) is 26.7 Å². The van der Waals surface area contributed by atoms with Gasteiger partial charge in [0.05, 0.1) is 12.1 Å². The molecular weight excluding hydrogens is 208 g/mol. The van der Waals surface area contributed by atoms with E-state index in [9.17, 15) is 9.90 Å². The highest BCUT2D eigenvalue weighted by Gasteiger charge is 2.36. The highest BCUT2D eigenvalue weighted by molar-refractivity contribution is 5.82. The van der Waals surface area contributed by atoms with E-state index in [0.29, 0.717) is 13.1 Å². The average Bonchev–Trinajstić information content (AvgIpc) is 2.71. The summed E-state index contributed by atoms with van der Waals surface area (Å²) in [5.41, 5.74) is 0. The number of methoxy groups -OCH3 is 1. The predicted molar refractivity (Wildman–Crippen MR) is 59.0 cm³/mol. The van der Waals surface area contributed by atoms with Gasteiger partial charge in [-0.2, -0.15) is 0 Å². The summed E-state index contributed by atoms with van der Waals surface area (Å²) < 4.78 is 5.13. The molecule has 0 aromatic carbocycles. The molecule has 0 aliphatic carbocycles. The first-order chi connectivity index (χ1) is 7.72. The fraction of sp³-hybridized carbons (Fsp3) is 0.909. The first kappa shape index (κ1) is 11.8. The molecule has 2 heterocycles. The Kier molecular flexibility index (Phi) is 3.78. The lowest BCUT2D eigenvalue weighted by molar-refractivity contribution is -0.133. The fourth-order valence-corrected chi connectivity index (χ4v) is 2.45. The lowest BCUT2D eigenvalue weighted by Crippen LogP contribution is -2.48. The van der Waals surface area contributed by atoms with E-state index < -0.39 is 6.10 Å². The molecule has 1 amide bonds.